The van der Waals surface area contributed by atoms with E-state index in [9.17, 15) is 9.59 Å². The topological polar surface area (TPSA) is 49.4 Å². The maximum absolute atomic E-state index is 11.5. The summed E-state index contributed by atoms with van der Waals surface area (Å²) in [4.78, 5) is 24.1. The Morgan fingerprint density at radius 3 is 2.00 bits per heavy atom. The lowest BCUT2D eigenvalue weighted by molar-refractivity contribution is -0.148. The zero-order chi connectivity index (χ0) is 10.6. The van der Waals surface area contributed by atoms with E-state index in [1.165, 1.54) is 11.9 Å². The average Bonchev–Trinajstić information content (AvgIpc) is 2.01. The first-order chi connectivity index (χ1) is 5.84. The maximum Gasteiger partial charge on any atom is 0.312 e. The molecule has 0 aliphatic carbocycles. The molecule has 0 radical (unpaired) electrons. The van der Waals surface area contributed by atoms with Gasteiger partial charge in [0.2, 0.25) is 0 Å². The lowest BCUT2D eigenvalue weighted by Crippen LogP contribution is -2.50. The van der Waals surface area contributed by atoms with E-state index in [0.717, 1.165) is 0 Å². The van der Waals surface area contributed by atoms with E-state index in [4.69, 9.17) is 0 Å². The van der Waals surface area contributed by atoms with Crippen molar-refractivity contribution >= 4 is 11.8 Å². The zero-order valence-electron chi connectivity index (χ0n) is 8.97. The Labute approximate surface area is 79.3 Å². The van der Waals surface area contributed by atoms with Crippen molar-refractivity contribution in [2.75, 3.05) is 13.6 Å². The number of carbonyl (C=O) groups excluding carboxylic acids is 2. The van der Waals surface area contributed by atoms with Crippen LogP contribution >= 0.6 is 0 Å². The fraction of sp³-hybridized carbons (Fsp3) is 0.778. The molecule has 0 bridgehead atoms. The third-order valence-corrected chi connectivity index (χ3v) is 1.79. The Kier molecular flexibility index (Phi) is 3.91. The number of rotatable bonds is 1. The first-order valence-electron chi connectivity index (χ1n) is 4.38. The molecule has 2 amide bonds. The molecule has 0 aliphatic rings. The second kappa shape index (κ2) is 4.25. The first kappa shape index (κ1) is 11.9. The molecule has 0 heterocycles. The molecule has 0 aliphatic heterocycles. The van der Waals surface area contributed by atoms with Gasteiger partial charge in [0.1, 0.15) is 0 Å². The Bertz CT molecular complexity index is 206. The van der Waals surface area contributed by atoms with Gasteiger partial charge >= 0.3 is 11.8 Å². The second-order valence-electron chi connectivity index (χ2n) is 3.80. The van der Waals surface area contributed by atoms with Crippen molar-refractivity contribution in [2.24, 2.45) is 0 Å². The predicted molar refractivity (Wildman–Crippen MR) is 51.2 cm³/mol. The largest absolute Gasteiger partial charge is 0.351 e. The van der Waals surface area contributed by atoms with Crippen LogP contribution in [0.1, 0.15) is 27.7 Å². The normalized spacial score (nSPS) is 10.8. The fourth-order valence-corrected chi connectivity index (χ4v) is 1.15. The van der Waals surface area contributed by atoms with E-state index in [-0.39, 0.29) is 5.54 Å². The van der Waals surface area contributed by atoms with Crippen LogP contribution in [0.25, 0.3) is 0 Å². The van der Waals surface area contributed by atoms with Gasteiger partial charge in [0.25, 0.3) is 0 Å². The number of hydrogen-bond acceptors (Lipinski definition) is 2. The molecule has 0 unspecified atom stereocenters. The molecule has 0 aromatic rings. The highest BCUT2D eigenvalue weighted by Gasteiger charge is 2.28. The Morgan fingerprint density at radius 2 is 1.77 bits per heavy atom. The fourth-order valence-electron chi connectivity index (χ4n) is 1.15. The van der Waals surface area contributed by atoms with E-state index in [2.05, 4.69) is 5.32 Å². The summed E-state index contributed by atoms with van der Waals surface area (Å²) in [5.41, 5.74) is -0.307. The minimum Gasteiger partial charge on any atom is -0.351 e. The average molecular weight is 186 g/mol. The van der Waals surface area contributed by atoms with Gasteiger partial charge in [0.15, 0.2) is 0 Å². The van der Waals surface area contributed by atoms with Gasteiger partial charge in [0.05, 0.1) is 0 Å². The molecule has 0 atom stereocenters. The highest BCUT2D eigenvalue weighted by Crippen LogP contribution is 2.12. The van der Waals surface area contributed by atoms with Crippen molar-refractivity contribution in [1.29, 1.82) is 0 Å². The summed E-state index contributed by atoms with van der Waals surface area (Å²) in [5, 5.41) is 2.32. The third kappa shape index (κ3) is 3.05. The molecular weight excluding hydrogens is 168 g/mol. The van der Waals surface area contributed by atoms with Crippen LogP contribution in [0.5, 0.6) is 0 Å². The van der Waals surface area contributed by atoms with E-state index in [0.29, 0.717) is 6.54 Å². The van der Waals surface area contributed by atoms with Crippen LogP contribution in [0, 0.1) is 0 Å². The summed E-state index contributed by atoms with van der Waals surface area (Å²) in [5.74, 6) is -1.03. The Balaban J connectivity index is 4.61. The van der Waals surface area contributed by atoms with Crippen molar-refractivity contribution in [2.45, 2.75) is 33.2 Å². The van der Waals surface area contributed by atoms with E-state index in [1.807, 2.05) is 27.7 Å². The van der Waals surface area contributed by atoms with Crippen LogP contribution in [0.15, 0.2) is 0 Å². The number of nitrogens with one attached hydrogen (secondary N) is 1. The van der Waals surface area contributed by atoms with Crippen LogP contribution in [0.2, 0.25) is 0 Å². The summed E-state index contributed by atoms with van der Waals surface area (Å²) in [6.07, 6.45) is 0. The molecule has 76 valence electrons. The lowest BCUT2D eigenvalue weighted by atomic mass is 10.1. The number of carbonyl (C=O) groups is 2. The maximum atomic E-state index is 11.5. The zero-order valence-corrected chi connectivity index (χ0v) is 8.97. The van der Waals surface area contributed by atoms with Crippen LogP contribution in [-0.2, 0) is 9.59 Å². The summed E-state index contributed by atoms with van der Waals surface area (Å²) in [6.45, 7) is 8.09. The van der Waals surface area contributed by atoms with Crippen molar-refractivity contribution < 1.29 is 9.59 Å². The standard InChI is InChI=1S/C9H18N2O2/c1-6-11(9(2,3)4)8(13)7(12)10-5/h6H2,1-5H3,(H,10,12). The van der Waals surface area contributed by atoms with E-state index < -0.39 is 11.8 Å². The van der Waals surface area contributed by atoms with Gasteiger partial charge in [-0.15, -0.1) is 0 Å². The van der Waals surface area contributed by atoms with Crippen LogP contribution < -0.4 is 5.32 Å². The minimum atomic E-state index is -0.559. The molecule has 0 fully saturated rings. The highest BCUT2D eigenvalue weighted by molar-refractivity contribution is 6.35. The minimum absolute atomic E-state index is 0.307. The van der Waals surface area contributed by atoms with Gasteiger partial charge < -0.3 is 10.2 Å². The second-order valence-corrected chi connectivity index (χ2v) is 3.80. The van der Waals surface area contributed by atoms with Gasteiger partial charge in [-0.25, -0.2) is 0 Å². The Hall–Kier alpha value is -1.06. The van der Waals surface area contributed by atoms with Gasteiger partial charge in [0, 0.05) is 19.1 Å². The molecule has 0 spiro atoms. The number of likely N-dealkylation sites (N-methyl/N-ethyl adjacent to an activating group) is 2. The molecule has 13 heavy (non-hydrogen) atoms. The monoisotopic (exact) mass is 186 g/mol. The quantitative estimate of drug-likeness (QED) is 0.602. The summed E-state index contributed by atoms with van der Waals surface area (Å²) in [6, 6.07) is 0. The van der Waals surface area contributed by atoms with Crippen molar-refractivity contribution in [3.05, 3.63) is 0 Å². The van der Waals surface area contributed by atoms with Gasteiger partial charge in [-0.2, -0.15) is 0 Å². The smallest absolute Gasteiger partial charge is 0.312 e. The summed E-state index contributed by atoms with van der Waals surface area (Å²) in [7, 11) is 1.46. The van der Waals surface area contributed by atoms with Crippen molar-refractivity contribution in [3.63, 3.8) is 0 Å². The first-order valence-corrected chi connectivity index (χ1v) is 4.38. The third-order valence-electron chi connectivity index (χ3n) is 1.79. The predicted octanol–water partition coefficient (Wildman–Crippen LogP) is 0.379. The molecule has 4 heteroatoms. The number of hydrogen-bond donors (Lipinski definition) is 1. The number of nitrogens with zero attached hydrogens (tertiary/aromatic N) is 1. The molecule has 0 aromatic carbocycles. The molecule has 0 saturated heterocycles. The molecule has 0 rings (SSSR count). The highest BCUT2D eigenvalue weighted by atomic mass is 16.2. The van der Waals surface area contributed by atoms with Gasteiger partial charge in [-0.1, -0.05) is 0 Å². The molecule has 0 aromatic heterocycles. The van der Waals surface area contributed by atoms with E-state index in [1.54, 1.807) is 0 Å². The van der Waals surface area contributed by atoms with Crippen molar-refractivity contribution in [3.8, 4) is 0 Å². The summed E-state index contributed by atoms with van der Waals surface area (Å²) >= 11 is 0. The molecular formula is C9H18N2O2. The SMILES string of the molecule is CCN(C(=O)C(=O)NC)C(C)(C)C. The lowest BCUT2D eigenvalue weighted by Gasteiger charge is -2.33. The molecule has 4 nitrogen and oxygen atoms in total. The van der Waals surface area contributed by atoms with Crippen LogP contribution in [0.3, 0.4) is 0 Å². The van der Waals surface area contributed by atoms with Gasteiger partial charge in [-0.05, 0) is 27.7 Å². The van der Waals surface area contributed by atoms with Crippen molar-refractivity contribution in [1.82, 2.24) is 10.2 Å². The number of amides is 2. The molecule has 0 saturated carbocycles. The van der Waals surface area contributed by atoms with Crippen LogP contribution in [0.4, 0.5) is 0 Å². The van der Waals surface area contributed by atoms with Crippen LogP contribution in [-0.4, -0.2) is 35.8 Å². The van der Waals surface area contributed by atoms with Gasteiger partial charge in [-0.3, -0.25) is 9.59 Å². The van der Waals surface area contributed by atoms with E-state index >= 15 is 0 Å². The Morgan fingerprint density at radius 1 is 1.31 bits per heavy atom. The summed E-state index contributed by atoms with van der Waals surface area (Å²) < 4.78 is 0. The molecule has 1 N–H and O–H groups in total.